The van der Waals surface area contributed by atoms with Crippen molar-refractivity contribution in [1.29, 1.82) is 0 Å². The zero-order chi connectivity index (χ0) is 13.8. The number of hydrogen-bond acceptors (Lipinski definition) is 5. The quantitative estimate of drug-likeness (QED) is 0.730. The van der Waals surface area contributed by atoms with E-state index in [1.165, 1.54) is 24.3 Å². The number of nitrogens with one attached hydrogen (secondary N) is 2. The molecule has 98 valence electrons. The van der Waals surface area contributed by atoms with Crippen molar-refractivity contribution in [2.45, 2.75) is 0 Å². The summed E-state index contributed by atoms with van der Waals surface area (Å²) in [4.78, 5) is 21.3. The molecular formula is C9H10N2O6S. The average molecular weight is 274 g/mol. The van der Waals surface area contributed by atoms with Crippen LogP contribution in [0.25, 0.3) is 0 Å². The third kappa shape index (κ3) is 3.94. The van der Waals surface area contributed by atoms with Crippen LogP contribution in [0.1, 0.15) is 10.4 Å². The topological polar surface area (TPSA) is 122 Å². The van der Waals surface area contributed by atoms with Gasteiger partial charge in [0.1, 0.15) is 0 Å². The number of methoxy groups -OCH3 is 1. The summed E-state index contributed by atoms with van der Waals surface area (Å²) >= 11 is 0. The molecule has 1 aromatic carbocycles. The van der Waals surface area contributed by atoms with E-state index >= 15 is 0 Å². The molecular weight excluding hydrogens is 264 g/mol. The number of ether oxygens (including phenoxy) is 1. The Kier molecular flexibility index (Phi) is 4.10. The number of amides is 1. The highest BCUT2D eigenvalue weighted by Gasteiger charge is 2.14. The number of benzene rings is 1. The molecule has 0 atom stereocenters. The lowest BCUT2D eigenvalue weighted by Gasteiger charge is -2.08. The molecule has 0 aliphatic carbocycles. The van der Waals surface area contributed by atoms with Crippen LogP contribution >= 0.6 is 0 Å². The lowest BCUT2D eigenvalue weighted by Crippen LogP contribution is -2.35. The SMILES string of the molecule is COC(=O)NS(=O)(=O)Nc1ccc(C(=O)O)cc1. The molecule has 0 bridgehead atoms. The lowest BCUT2D eigenvalue weighted by molar-refractivity contribution is 0.0697. The van der Waals surface area contributed by atoms with Crippen molar-refractivity contribution in [3.63, 3.8) is 0 Å². The van der Waals surface area contributed by atoms with Crippen molar-refractivity contribution in [3.8, 4) is 0 Å². The first kappa shape index (κ1) is 13.8. The summed E-state index contributed by atoms with van der Waals surface area (Å²) < 4.78 is 30.4. The van der Waals surface area contributed by atoms with E-state index in [-0.39, 0.29) is 11.3 Å². The largest absolute Gasteiger partial charge is 0.478 e. The molecule has 18 heavy (non-hydrogen) atoms. The van der Waals surface area contributed by atoms with Gasteiger partial charge in [-0.25, -0.2) is 14.3 Å². The van der Waals surface area contributed by atoms with E-state index < -0.39 is 22.3 Å². The van der Waals surface area contributed by atoms with Gasteiger partial charge in [0.05, 0.1) is 18.4 Å². The number of anilines is 1. The number of hydrogen-bond donors (Lipinski definition) is 3. The minimum Gasteiger partial charge on any atom is -0.478 e. The normalized spacial score (nSPS) is 10.5. The van der Waals surface area contributed by atoms with E-state index in [1.807, 2.05) is 4.72 Å². The Morgan fingerprint density at radius 1 is 1.22 bits per heavy atom. The van der Waals surface area contributed by atoms with Crippen LogP contribution in [0.5, 0.6) is 0 Å². The maximum Gasteiger partial charge on any atom is 0.422 e. The highest BCUT2D eigenvalue weighted by Crippen LogP contribution is 2.10. The Labute approximate surface area is 103 Å². The van der Waals surface area contributed by atoms with Crippen LogP contribution < -0.4 is 9.44 Å². The zero-order valence-corrected chi connectivity index (χ0v) is 10.0. The minimum atomic E-state index is -4.10. The van der Waals surface area contributed by atoms with Crippen LogP contribution in [0.2, 0.25) is 0 Å². The van der Waals surface area contributed by atoms with Gasteiger partial charge in [-0.05, 0) is 24.3 Å². The molecule has 3 N–H and O–H groups in total. The van der Waals surface area contributed by atoms with Gasteiger partial charge in [-0.3, -0.25) is 4.72 Å². The Morgan fingerprint density at radius 2 is 1.78 bits per heavy atom. The number of carboxylic acid groups (broad SMARTS) is 1. The van der Waals surface area contributed by atoms with Gasteiger partial charge in [0.15, 0.2) is 0 Å². The van der Waals surface area contributed by atoms with Crippen LogP contribution in [-0.4, -0.2) is 32.7 Å². The van der Waals surface area contributed by atoms with Crippen molar-refractivity contribution < 1.29 is 27.9 Å². The van der Waals surface area contributed by atoms with Crippen molar-refractivity contribution in [1.82, 2.24) is 4.72 Å². The van der Waals surface area contributed by atoms with Crippen LogP contribution in [-0.2, 0) is 14.9 Å². The summed E-state index contributed by atoms with van der Waals surface area (Å²) in [6.45, 7) is 0. The molecule has 0 aliphatic rings. The van der Waals surface area contributed by atoms with Gasteiger partial charge in [0.2, 0.25) is 0 Å². The second kappa shape index (κ2) is 5.36. The van der Waals surface area contributed by atoms with E-state index in [0.717, 1.165) is 7.11 Å². The van der Waals surface area contributed by atoms with E-state index in [9.17, 15) is 18.0 Å². The lowest BCUT2D eigenvalue weighted by atomic mass is 10.2. The summed E-state index contributed by atoms with van der Waals surface area (Å²) in [6.07, 6.45) is -1.13. The van der Waals surface area contributed by atoms with Crippen LogP contribution in [0.4, 0.5) is 10.5 Å². The highest BCUT2D eigenvalue weighted by molar-refractivity contribution is 7.91. The third-order valence-corrected chi connectivity index (χ3v) is 2.73. The molecule has 8 nitrogen and oxygen atoms in total. The molecule has 0 fully saturated rings. The molecule has 0 aliphatic heterocycles. The van der Waals surface area contributed by atoms with E-state index in [0.29, 0.717) is 0 Å². The van der Waals surface area contributed by atoms with Crippen LogP contribution in [0.15, 0.2) is 24.3 Å². The van der Waals surface area contributed by atoms with Gasteiger partial charge in [0.25, 0.3) is 0 Å². The molecule has 0 unspecified atom stereocenters. The molecule has 0 aromatic heterocycles. The minimum absolute atomic E-state index is 0.0128. The molecule has 0 saturated heterocycles. The summed E-state index contributed by atoms with van der Waals surface area (Å²) in [5.74, 6) is -1.13. The molecule has 9 heteroatoms. The summed E-state index contributed by atoms with van der Waals surface area (Å²) in [6, 6.07) is 4.94. The number of aromatic carboxylic acids is 1. The summed E-state index contributed by atoms with van der Waals surface area (Å²) in [7, 11) is -3.08. The van der Waals surface area contributed by atoms with Gasteiger partial charge >= 0.3 is 22.3 Å². The first-order valence-electron chi connectivity index (χ1n) is 4.56. The smallest absolute Gasteiger partial charge is 0.422 e. The first-order chi connectivity index (χ1) is 8.34. The van der Waals surface area contributed by atoms with Gasteiger partial charge in [-0.1, -0.05) is 0 Å². The van der Waals surface area contributed by atoms with Crippen molar-refractivity contribution in [2.24, 2.45) is 0 Å². The summed E-state index contributed by atoms with van der Waals surface area (Å²) in [5.41, 5.74) is 0.121. The monoisotopic (exact) mass is 274 g/mol. The molecule has 1 rings (SSSR count). The molecule has 0 radical (unpaired) electrons. The fraction of sp³-hybridized carbons (Fsp3) is 0.111. The van der Waals surface area contributed by atoms with Crippen LogP contribution in [0, 0.1) is 0 Å². The predicted octanol–water partition coefficient (Wildman–Crippen LogP) is 0.397. The highest BCUT2D eigenvalue weighted by atomic mass is 32.2. The maximum atomic E-state index is 11.3. The van der Waals surface area contributed by atoms with Gasteiger partial charge in [-0.2, -0.15) is 8.42 Å². The number of rotatable bonds is 4. The van der Waals surface area contributed by atoms with Crippen LogP contribution in [0.3, 0.4) is 0 Å². The van der Waals surface area contributed by atoms with Gasteiger partial charge in [-0.15, -0.1) is 0 Å². The Morgan fingerprint density at radius 3 is 2.22 bits per heavy atom. The van der Waals surface area contributed by atoms with Crippen molar-refractivity contribution in [2.75, 3.05) is 11.8 Å². The zero-order valence-electron chi connectivity index (χ0n) is 9.21. The standard InChI is InChI=1S/C9H10N2O6S/c1-17-9(14)11-18(15,16)10-7-4-2-6(3-5-7)8(12)13/h2-5,10H,1H3,(H,11,14)(H,12,13). The van der Waals surface area contributed by atoms with Gasteiger partial charge in [0, 0.05) is 0 Å². The average Bonchev–Trinajstić information content (AvgIpc) is 2.28. The number of carbonyl (C=O) groups is 2. The first-order valence-corrected chi connectivity index (χ1v) is 6.04. The van der Waals surface area contributed by atoms with E-state index in [2.05, 4.69) is 4.74 Å². The Bertz CT molecular complexity index is 551. The molecule has 0 saturated carbocycles. The van der Waals surface area contributed by atoms with Gasteiger partial charge < -0.3 is 9.84 Å². The van der Waals surface area contributed by atoms with Crippen molar-refractivity contribution in [3.05, 3.63) is 29.8 Å². The third-order valence-electron chi connectivity index (χ3n) is 1.79. The molecule has 1 aromatic rings. The fourth-order valence-electron chi connectivity index (χ4n) is 1.01. The Hall–Kier alpha value is -2.29. The second-order valence-electron chi connectivity index (χ2n) is 3.08. The van der Waals surface area contributed by atoms with Crippen molar-refractivity contribution >= 4 is 28.0 Å². The number of carboxylic acids is 1. The summed E-state index contributed by atoms with van der Waals surface area (Å²) in [5, 5.41) is 8.65. The molecule has 0 heterocycles. The molecule has 1 amide bonds. The second-order valence-corrected chi connectivity index (χ2v) is 4.50. The van der Waals surface area contributed by atoms with E-state index in [4.69, 9.17) is 5.11 Å². The Balaban J connectivity index is 2.78. The predicted molar refractivity (Wildman–Crippen MR) is 61.5 cm³/mol. The fourth-order valence-corrected chi connectivity index (χ4v) is 1.81. The molecule has 0 spiro atoms. The maximum absolute atomic E-state index is 11.3. The number of carbonyl (C=O) groups excluding carboxylic acids is 1. The van der Waals surface area contributed by atoms with E-state index in [1.54, 1.807) is 4.72 Å².